The Kier molecular flexibility index (Phi) is 5.87. The van der Waals surface area contributed by atoms with Crippen molar-refractivity contribution in [2.24, 2.45) is 0 Å². The smallest absolute Gasteiger partial charge is 0.266 e. The van der Waals surface area contributed by atoms with Crippen LogP contribution in [0.15, 0.2) is 78.5 Å². The number of nitrogens with one attached hydrogen (secondary N) is 1. The molecule has 0 radical (unpaired) electrons. The zero-order valence-corrected chi connectivity index (χ0v) is 17.9. The van der Waals surface area contributed by atoms with Crippen molar-refractivity contribution >= 4 is 28.6 Å². The summed E-state index contributed by atoms with van der Waals surface area (Å²) in [7, 11) is 0. The molecule has 1 N–H and O–H groups in total. The summed E-state index contributed by atoms with van der Waals surface area (Å²) in [6.07, 6.45) is 3.43. The monoisotopic (exact) mass is 423 g/mol. The van der Waals surface area contributed by atoms with Crippen LogP contribution in [-0.2, 0) is 11.3 Å². The van der Waals surface area contributed by atoms with Crippen LogP contribution >= 0.6 is 0 Å². The molecule has 0 bridgehead atoms. The third-order valence-corrected chi connectivity index (χ3v) is 5.42. The lowest BCUT2D eigenvalue weighted by Crippen LogP contribution is -2.14. The molecule has 0 atom stereocenters. The Labute approximate surface area is 186 Å². The first-order valence-electron chi connectivity index (χ1n) is 10.3. The second kappa shape index (κ2) is 8.91. The van der Waals surface area contributed by atoms with E-state index in [4.69, 9.17) is 0 Å². The molecule has 0 aliphatic heterocycles. The van der Waals surface area contributed by atoms with E-state index in [1.54, 1.807) is 24.3 Å². The minimum atomic E-state index is -0.466. The van der Waals surface area contributed by atoms with Gasteiger partial charge in [0.05, 0.1) is 6.54 Å². The highest BCUT2D eigenvalue weighted by atomic mass is 19.1. The first-order chi connectivity index (χ1) is 15.5. The van der Waals surface area contributed by atoms with E-state index >= 15 is 0 Å². The van der Waals surface area contributed by atoms with Crippen LogP contribution in [0.1, 0.15) is 22.3 Å². The molecular formula is C27H22FN3O. The molecule has 4 nitrogen and oxygen atoms in total. The number of rotatable bonds is 5. The third-order valence-electron chi connectivity index (χ3n) is 5.42. The second-order valence-electron chi connectivity index (χ2n) is 7.76. The number of anilines is 1. The summed E-state index contributed by atoms with van der Waals surface area (Å²) in [5.41, 5.74) is 4.81. The largest absolute Gasteiger partial charge is 0.342 e. The van der Waals surface area contributed by atoms with Gasteiger partial charge in [-0.3, -0.25) is 4.79 Å². The maximum absolute atomic E-state index is 14.2. The van der Waals surface area contributed by atoms with Crippen LogP contribution < -0.4 is 5.32 Å². The highest BCUT2D eigenvalue weighted by Gasteiger charge is 2.14. The van der Waals surface area contributed by atoms with Gasteiger partial charge in [0.2, 0.25) is 0 Å². The van der Waals surface area contributed by atoms with Crippen molar-refractivity contribution < 1.29 is 9.18 Å². The first-order valence-corrected chi connectivity index (χ1v) is 10.3. The lowest BCUT2D eigenvalue weighted by atomic mass is 10.1. The average molecular weight is 423 g/mol. The number of nitriles is 1. The molecule has 0 aliphatic rings. The van der Waals surface area contributed by atoms with Crippen LogP contribution in [0, 0.1) is 31.0 Å². The molecule has 0 spiro atoms. The van der Waals surface area contributed by atoms with Crippen molar-refractivity contribution in [1.82, 2.24) is 4.57 Å². The number of carbonyl (C=O) groups excluding carboxylic acids is 1. The highest BCUT2D eigenvalue weighted by molar-refractivity contribution is 6.11. The fraction of sp³-hybridized carbons (Fsp3) is 0.111. The molecule has 0 aliphatic carbocycles. The van der Waals surface area contributed by atoms with Gasteiger partial charge in [-0.25, -0.2) is 4.39 Å². The summed E-state index contributed by atoms with van der Waals surface area (Å²) in [6.45, 7) is 4.19. The topological polar surface area (TPSA) is 57.8 Å². The zero-order chi connectivity index (χ0) is 22.7. The number of aromatic nitrogens is 1. The molecule has 0 saturated heterocycles. The molecule has 4 aromatic rings. The number of nitrogens with zero attached hydrogens (tertiary/aromatic N) is 2. The van der Waals surface area contributed by atoms with E-state index in [1.165, 1.54) is 6.07 Å². The van der Waals surface area contributed by atoms with E-state index in [0.717, 1.165) is 27.6 Å². The van der Waals surface area contributed by atoms with Crippen molar-refractivity contribution in [2.45, 2.75) is 20.4 Å². The number of hydrogen-bond acceptors (Lipinski definition) is 2. The van der Waals surface area contributed by atoms with Crippen molar-refractivity contribution in [3.05, 3.63) is 107 Å². The Morgan fingerprint density at radius 3 is 2.62 bits per heavy atom. The van der Waals surface area contributed by atoms with Gasteiger partial charge >= 0.3 is 0 Å². The molecule has 32 heavy (non-hydrogen) atoms. The molecule has 4 rings (SSSR count). The molecule has 0 fully saturated rings. The fourth-order valence-corrected chi connectivity index (χ4v) is 3.70. The van der Waals surface area contributed by atoms with Crippen LogP contribution in [0.3, 0.4) is 0 Å². The molecule has 0 unspecified atom stereocenters. The molecule has 1 amide bonds. The van der Waals surface area contributed by atoms with Crippen LogP contribution in [0.25, 0.3) is 17.0 Å². The number of para-hydroxylation sites is 1. The standard InChI is InChI=1S/C27H22FN3O/c1-18-11-12-19(2)25(13-18)30-27(32)21(15-29)14-22-17-31(26-10-6-4-8-23(22)26)16-20-7-3-5-9-24(20)28/h3-14,17H,16H2,1-2H3,(H,30,32)/b21-14+. The van der Waals surface area contributed by atoms with Gasteiger partial charge in [-0.05, 0) is 49.2 Å². The van der Waals surface area contributed by atoms with Crippen LogP contribution in [0.5, 0.6) is 0 Å². The number of benzene rings is 3. The average Bonchev–Trinajstić information content (AvgIpc) is 3.13. The quantitative estimate of drug-likeness (QED) is 0.317. The van der Waals surface area contributed by atoms with Gasteiger partial charge in [-0.1, -0.05) is 48.5 Å². The minimum Gasteiger partial charge on any atom is -0.342 e. The first kappa shape index (κ1) is 21.1. The number of amides is 1. The fourth-order valence-electron chi connectivity index (χ4n) is 3.70. The maximum Gasteiger partial charge on any atom is 0.266 e. The lowest BCUT2D eigenvalue weighted by Gasteiger charge is -2.08. The summed E-state index contributed by atoms with van der Waals surface area (Å²) < 4.78 is 16.1. The predicted octanol–water partition coefficient (Wildman–Crippen LogP) is 5.99. The summed E-state index contributed by atoms with van der Waals surface area (Å²) in [4.78, 5) is 12.8. The van der Waals surface area contributed by atoms with E-state index in [0.29, 0.717) is 17.8 Å². The molecule has 5 heteroatoms. The van der Waals surface area contributed by atoms with Gasteiger partial charge < -0.3 is 9.88 Å². The number of fused-ring (bicyclic) bond motifs is 1. The van der Waals surface area contributed by atoms with E-state index in [1.807, 2.05) is 73.1 Å². The van der Waals surface area contributed by atoms with Gasteiger partial charge in [0.15, 0.2) is 0 Å². The number of halogens is 1. The number of hydrogen-bond donors (Lipinski definition) is 1. The Hall–Kier alpha value is -4.17. The highest BCUT2D eigenvalue weighted by Crippen LogP contribution is 2.25. The van der Waals surface area contributed by atoms with Gasteiger partial charge in [-0.2, -0.15) is 5.26 Å². The van der Waals surface area contributed by atoms with E-state index in [9.17, 15) is 14.4 Å². The lowest BCUT2D eigenvalue weighted by molar-refractivity contribution is -0.112. The third kappa shape index (κ3) is 4.30. The van der Waals surface area contributed by atoms with Crippen LogP contribution in [0.2, 0.25) is 0 Å². The molecule has 1 aromatic heterocycles. The van der Waals surface area contributed by atoms with Crippen LogP contribution in [-0.4, -0.2) is 10.5 Å². The summed E-state index contributed by atoms with van der Waals surface area (Å²) in [5, 5.41) is 13.4. The molecule has 1 heterocycles. The molecule has 3 aromatic carbocycles. The van der Waals surface area contributed by atoms with E-state index in [2.05, 4.69) is 5.32 Å². The summed E-state index contributed by atoms with van der Waals surface area (Å²) in [5.74, 6) is -0.736. The maximum atomic E-state index is 14.2. The van der Waals surface area contributed by atoms with E-state index in [-0.39, 0.29) is 11.4 Å². The van der Waals surface area contributed by atoms with Crippen molar-refractivity contribution in [3.63, 3.8) is 0 Å². The van der Waals surface area contributed by atoms with Gasteiger partial charge in [0.1, 0.15) is 17.5 Å². The Bertz CT molecular complexity index is 1390. The molecular weight excluding hydrogens is 401 g/mol. The van der Waals surface area contributed by atoms with Crippen LogP contribution in [0.4, 0.5) is 10.1 Å². The van der Waals surface area contributed by atoms with Crippen molar-refractivity contribution in [1.29, 1.82) is 5.26 Å². The molecule has 158 valence electrons. The number of aryl methyl sites for hydroxylation is 2. The Morgan fingerprint density at radius 1 is 1.09 bits per heavy atom. The van der Waals surface area contributed by atoms with Crippen molar-refractivity contribution in [3.8, 4) is 6.07 Å². The number of carbonyl (C=O) groups is 1. The van der Waals surface area contributed by atoms with Gasteiger partial charge in [-0.15, -0.1) is 0 Å². The second-order valence-corrected chi connectivity index (χ2v) is 7.76. The van der Waals surface area contributed by atoms with Gasteiger partial charge in [0.25, 0.3) is 5.91 Å². The summed E-state index contributed by atoms with van der Waals surface area (Å²) in [6, 6.07) is 22.1. The zero-order valence-electron chi connectivity index (χ0n) is 17.9. The summed E-state index contributed by atoms with van der Waals surface area (Å²) >= 11 is 0. The molecule has 0 saturated carbocycles. The van der Waals surface area contributed by atoms with Gasteiger partial charge in [0, 0.05) is 33.9 Å². The normalized spacial score (nSPS) is 11.4. The van der Waals surface area contributed by atoms with Crippen molar-refractivity contribution in [2.75, 3.05) is 5.32 Å². The SMILES string of the molecule is Cc1ccc(C)c(NC(=O)/C(C#N)=C/c2cn(Cc3ccccc3F)c3ccccc23)c1. The Balaban J connectivity index is 1.70. The Morgan fingerprint density at radius 2 is 1.84 bits per heavy atom. The van der Waals surface area contributed by atoms with E-state index < -0.39 is 5.91 Å². The minimum absolute atomic E-state index is 0.000277. The predicted molar refractivity (Wildman–Crippen MR) is 126 cm³/mol.